The summed E-state index contributed by atoms with van der Waals surface area (Å²) in [7, 11) is 0. The molecule has 300 valence electrons. The van der Waals surface area contributed by atoms with Crippen LogP contribution in [0, 0.1) is 68.6 Å². The molecule has 5 heterocycles. The number of carbonyl (C=O) groups excluding carboxylic acids is 3. The third-order valence-electron chi connectivity index (χ3n) is 10.1. The van der Waals surface area contributed by atoms with E-state index in [9.17, 15) is 53.0 Å². The number of hydrogen-bond donors (Lipinski definition) is 0. The summed E-state index contributed by atoms with van der Waals surface area (Å²) in [5, 5.41) is 39.4. The number of rotatable bonds is 4. The van der Waals surface area contributed by atoms with Gasteiger partial charge in [-0.15, -0.1) is 45.3 Å². The van der Waals surface area contributed by atoms with Crippen LogP contribution in [0.2, 0.25) is 0 Å². The van der Waals surface area contributed by atoms with Gasteiger partial charge in [0.15, 0.2) is 23.3 Å². The van der Waals surface area contributed by atoms with Crippen molar-refractivity contribution in [1.82, 2.24) is 4.57 Å². The van der Waals surface area contributed by atoms with Gasteiger partial charge in [0.1, 0.15) is 63.5 Å². The van der Waals surface area contributed by atoms with Gasteiger partial charge in [0, 0.05) is 33.4 Å². The van der Waals surface area contributed by atoms with Gasteiger partial charge in [-0.1, -0.05) is 30.3 Å². The van der Waals surface area contributed by atoms with Crippen molar-refractivity contribution in [3.05, 3.63) is 129 Å². The first-order valence-corrected chi connectivity index (χ1v) is 21.2. The van der Waals surface area contributed by atoms with Crippen LogP contribution in [0.15, 0.2) is 87.9 Å². The zero-order valence-corrected chi connectivity index (χ0v) is 34.2. The van der Waals surface area contributed by atoms with Gasteiger partial charge in [-0.2, -0.15) is 21.0 Å². The fourth-order valence-electron chi connectivity index (χ4n) is 7.46. The van der Waals surface area contributed by atoms with Gasteiger partial charge >= 0.3 is 6.09 Å². The second-order valence-corrected chi connectivity index (χ2v) is 17.8. The molecule has 0 saturated carbocycles. The van der Waals surface area contributed by atoms with Crippen LogP contribution in [0.25, 0.3) is 50.4 Å². The smallest absolute Gasteiger partial charge is 0.419 e. The minimum Gasteiger partial charge on any atom is -0.444 e. The Kier molecular flexibility index (Phi) is 9.11. The third-order valence-corrected chi connectivity index (χ3v) is 14.9. The number of ether oxygens (including phenoxy) is 1. The highest BCUT2D eigenvalue weighted by Crippen LogP contribution is 2.53. The Bertz CT molecular complexity index is 3550. The molecule has 11 nitrogen and oxygen atoms in total. The van der Waals surface area contributed by atoms with Gasteiger partial charge in [-0.05, 0) is 42.0 Å². The molecule has 63 heavy (non-hydrogen) atoms. The Morgan fingerprint density at radius 2 is 1.00 bits per heavy atom. The summed E-state index contributed by atoms with van der Waals surface area (Å²) in [5.41, 5.74) is -1.50. The van der Waals surface area contributed by atoms with Crippen LogP contribution >= 0.6 is 45.3 Å². The minimum atomic E-state index is -1.30. The first kappa shape index (κ1) is 39.2. The summed E-state index contributed by atoms with van der Waals surface area (Å²) < 4.78 is 68.4. The number of nitriles is 4. The van der Waals surface area contributed by atoms with E-state index in [4.69, 9.17) is 4.74 Å². The number of hydrogen-bond acceptors (Lipinski definition) is 14. The Labute approximate surface area is 365 Å². The van der Waals surface area contributed by atoms with E-state index in [-0.39, 0.29) is 61.4 Å². The van der Waals surface area contributed by atoms with E-state index < -0.39 is 52.1 Å². The van der Waals surface area contributed by atoms with E-state index in [1.165, 1.54) is 27.2 Å². The SMILES string of the molecule is N#CC(C#N)=C1C(=Nc2cc3sc4c5sc6cc(N=C7C(=O)c8cc(F)c(F)cc8C7=C(C#N)C#N)sc6c5n(C(=O)OCc5ccccc5)c4c3s2)C(=O)c2cc(F)c(F)cc21. The molecule has 0 amide bonds. The minimum absolute atomic E-state index is 0.0910. The molecule has 0 N–H and O–H groups in total. The largest absolute Gasteiger partial charge is 0.444 e. The number of Topliss-reactive ketones (excluding diaryl/α,β-unsaturated/α-hetero) is 2. The lowest BCUT2D eigenvalue weighted by molar-refractivity contribution is 0.106. The van der Waals surface area contributed by atoms with Crippen LogP contribution in [0.1, 0.15) is 37.4 Å². The summed E-state index contributed by atoms with van der Waals surface area (Å²) in [6.45, 7) is -0.0910. The zero-order chi connectivity index (χ0) is 44.0. The van der Waals surface area contributed by atoms with E-state index in [0.717, 1.165) is 34.8 Å². The number of allylic oxidation sites excluding steroid dienone is 4. The maximum absolute atomic E-state index is 14.4. The lowest BCUT2D eigenvalue weighted by Gasteiger charge is -2.07. The quantitative estimate of drug-likeness (QED) is 0.123. The van der Waals surface area contributed by atoms with Crippen LogP contribution in [0.3, 0.4) is 0 Å². The Morgan fingerprint density at radius 1 is 0.587 bits per heavy atom. The first-order chi connectivity index (χ1) is 30.4. The van der Waals surface area contributed by atoms with Crippen molar-refractivity contribution in [1.29, 1.82) is 21.0 Å². The van der Waals surface area contributed by atoms with Gasteiger partial charge < -0.3 is 4.74 Å². The summed E-state index contributed by atoms with van der Waals surface area (Å²) in [4.78, 5) is 50.6. The molecule has 0 aliphatic heterocycles. The van der Waals surface area contributed by atoms with Crippen molar-refractivity contribution in [3.8, 4) is 24.3 Å². The molecule has 3 aromatic carbocycles. The zero-order valence-electron chi connectivity index (χ0n) is 31.0. The van der Waals surface area contributed by atoms with Gasteiger partial charge in [0.05, 0.1) is 39.2 Å². The van der Waals surface area contributed by atoms with E-state index >= 15 is 0 Å². The maximum Gasteiger partial charge on any atom is 0.419 e. The summed E-state index contributed by atoms with van der Waals surface area (Å²) in [6.07, 6.45) is -0.757. The third kappa shape index (κ3) is 5.95. The molecule has 19 heteroatoms. The molecule has 0 unspecified atom stereocenters. The number of thiophene rings is 4. The maximum atomic E-state index is 14.4. The van der Waals surface area contributed by atoms with Gasteiger partial charge in [-0.25, -0.2) is 36.9 Å². The number of aromatic nitrogens is 1. The Hall–Kier alpha value is -7.91. The molecule has 5 aromatic heterocycles. The van der Waals surface area contributed by atoms with Crippen molar-refractivity contribution >= 4 is 135 Å². The molecular weight excluding hydrogens is 895 g/mol. The molecule has 0 bridgehead atoms. The second-order valence-electron chi connectivity index (χ2n) is 13.6. The summed E-state index contributed by atoms with van der Waals surface area (Å²) in [6, 6.07) is 22.0. The second kappa shape index (κ2) is 14.6. The number of aliphatic imine (C=N–C) groups is 2. The number of ketones is 2. The van der Waals surface area contributed by atoms with E-state index in [1.807, 2.05) is 6.07 Å². The van der Waals surface area contributed by atoms with E-state index in [2.05, 4.69) is 9.98 Å². The van der Waals surface area contributed by atoms with Gasteiger partial charge in [0.25, 0.3) is 0 Å². The average Bonchev–Trinajstić information content (AvgIpc) is 4.13. The van der Waals surface area contributed by atoms with Crippen LogP contribution in [0.4, 0.5) is 32.4 Å². The molecule has 8 aromatic rings. The average molecular weight is 908 g/mol. The highest BCUT2D eigenvalue weighted by molar-refractivity contribution is 7.39. The summed E-state index contributed by atoms with van der Waals surface area (Å²) >= 11 is 4.78. The highest BCUT2D eigenvalue weighted by Gasteiger charge is 2.38. The molecule has 0 saturated heterocycles. The predicted molar refractivity (Wildman–Crippen MR) is 230 cm³/mol. The number of halogens is 4. The van der Waals surface area contributed by atoms with Crippen LogP contribution in [-0.2, 0) is 11.3 Å². The van der Waals surface area contributed by atoms with Gasteiger partial charge in [0.2, 0.25) is 11.6 Å². The van der Waals surface area contributed by atoms with Crippen molar-refractivity contribution in [2.45, 2.75) is 6.61 Å². The van der Waals surface area contributed by atoms with Crippen molar-refractivity contribution in [3.63, 3.8) is 0 Å². The Balaban J connectivity index is 1.15. The van der Waals surface area contributed by atoms with Crippen molar-refractivity contribution in [2.75, 3.05) is 0 Å². The fraction of sp³-hybridized carbons (Fsp3) is 0.0227. The lowest BCUT2D eigenvalue weighted by atomic mass is 10.0. The van der Waals surface area contributed by atoms with E-state index in [1.54, 1.807) is 60.7 Å². The molecule has 2 aliphatic rings. The number of carbonyl (C=O) groups is 3. The number of nitrogens with zero attached hydrogens (tertiary/aromatic N) is 7. The molecule has 2 aliphatic carbocycles. The highest BCUT2D eigenvalue weighted by atomic mass is 32.1. The molecule has 10 rings (SSSR count). The normalized spacial score (nSPS) is 14.5. The van der Waals surface area contributed by atoms with Crippen molar-refractivity contribution < 1.29 is 36.7 Å². The molecule has 0 atom stereocenters. The molecule has 0 radical (unpaired) electrons. The topological polar surface area (TPSA) is 185 Å². The standard InChI is InChI=1S/C44H13F4N7O4S4/c45-24-6-20-22(8-26(24)47)38(56)34(32(20)18(12-49)13-50)53-30-10-28-40(62-30)36-42(60-28)43-37(55(36)44(58)59-16-17-4-2-1-3-5-17)41-29(61-43)11-31(63-41)54-35-33(19(14-51)15-52)21-7-25(46)27(48)9-23(21)39(35)57/h1-11H,16H2. The monoisotopic (exact) mass is 907 g/mol. The van der Waals surface area contributed by atoms with E-state index in [0.29, 0.717) is 56.9 Å². The fourth-order valence-corrected chi connectivity index (χ4v) is 12.6. The lowest BCUT2D eigenvalue weighted by Crippen LogP contribution is -2.13. The molecule has 0 fully saturated rings. The predicted octanol–water partition coefficient (Wildman–Crippen LogP) is 11.6. The number of benzene rings is 3. The Morgan fingerprint density at radius 3 is 1.41 bits per heavy atom. The molecule has 0 spiro atoms. The van der Waals surface area contributed by atoms with Crippen LogP contribution in [0.5, 0.6) is 0 Å². The van der Waals surface area contributed by atoms with Crippen molar-refractivity contribution in [2.24, 2.45) is 9.98 Å². The van der Waals surface area contributed by atoms with Crippen LogP contribution < -0.4 is 0 Å². The summed E-state index contributed by atoms with van der Waals surface area (Å²) in [5.74, 6) is -6.80. The van der Waals surface area contributed by atoms with Gasteiger partial charge in [-0.3, -0.25) is 9.59 Å². The van der Waals surface area contributed by atoms with Crippen LogP contribution in [-0.4, -0.2) is 33.7 Å². The molecular formula is C44H13F4N7O4S4. The first-order valence-electron chi connectivity index (χ1n) is 17.9. The number of fused-ring (bicyclic) bond motifs is 9.